The number of amides is 1. The molecular formula is C20H26FN3O2S. The van der Waals surface area contributed by atoms with Gasteiger partial charge in [-0.3, -0.25) is 9.69 Å². The van der Waals surface area contributed by atoms with Crippen molar-refractivity contribution in [3.05, 3.63) is 45.7 Å². The van der Waals surface area contributed by atoms with Crippen LogP contribution in [0.15, 0.2) is 23.6 Å². The van der Waals surface area contributed by atoms with Gasteiger partial charge in [-0.25, -0.2) is 9.37 Å². The van der Waals surface area contributed by atoms with Crippen molar-refractivity contribution in [3.8, 4) is 5.75 Å². The fourth-order valence-corrected chi connectivity index (χ4v) is 3.93. The summed E-state index contributed by atoms with van der Waals surface area (Å²) >= 11 is 1.70. The predicted molar refractivity (Wildman–Crippen MR) is 105 cm³/mol. The number of nitrogens with zero attached hydrogens (tertiary/aromatic N) is 3. The Balaban J connectivity index is 1.57. The maximum Gasteiger partial charge on any atom is 0.256 e. The van der Waals surface area contributed by atoms with Crippen molar-refractivity contribution in [2.24, 2.45) is 0 Å². The first-order valence-corrected chi connectivity index (χ1v) is 9.96. The molecule has 0 atom stereocenters. The molecule has 2 aromatic rings. The molecule has 1 aromatic carbocycles. The lowest BCUT2D eigenvalue weighted by molar-refractivity contribution is 0.0622. The van der Waals surface area contributed by atoms with E-state index in [9.17, 15) is 9.18 Å². The zero-order valence-corrected chi connectivity index (χ0v) is 17.1. The summed E-state index contributed by atoms with van der Waals surface area (Å²) in [5.41, 5.74) is 1.24. The van der Waals surface area contributed by atoms with Gasteiger partial charge in [-0.2, -0.15) is 0 Å². The number of hydrogen-bond acceptors (Lipinski definition) is 5. The zero-order chi connectivity index (χ0) is 19.6. The number of methoxy groups -OCH3 is 1. The number of piperazine rings is 1. The van der Waals surface area contributed by atoms with Crippen LogP contribution in [-0.2, 0) is 12.0 Å². The Hall–Kier alpha value is -1.99. The Bertz CT molecular complexity index is 808. The van der Waals surface area contributed by atoms with E-state index in [4.69, 9.17) is 9.72 Å². The molecule has 1 aromatic heterocycles. The number of aromatic nitrogens is 1. The van der Waals surface area contributed by atoms with Crippen LogP contribution in [0.1, 0.15) is 41.8 Å². The Morgan fingerprint density at radius 2 is 1.96 bits per heavy atom. The normalized spacial score (nSPS) is 15.8. The number of benzene rings is 1. The van der Waals surface area contributed by atoms with Gasteiger partial charge in [-0.15, -0.1) is 11.3 Å². The van der Waals surface area contributed by atoms with E-state index in [2.05, 4.69) is 31.1 Å². The molecule has 0 spiro atoms. The van der Waals surface area contributed by atoms with Gasteiger partial charge >= 0.3 is 0 Å². The average Bonchev–Trinajstić information content (AvgIpc) is 3.10. The molecule has 0 N–H and O–H groups in total. The third kappa shape index (κ3) is 4.65. The summed E-state index contributed by atoms with van der Waals surface area (Å²) in [5, 5.41) is 3.26. The van der Waals surface area contributed by atoms with Crippen LogP contribution >= 0.6 is 11.3 Å². The Labute approximate surface area is 163 Å². The highest BCUT2D eigenvalue weighted by atomic mass is 32.1. The average molecular weight is 392 g/mol. The minimum absolute atomic E-state index is 0.0659. The summed E-state index contributed by atoms with van der Waals surface area (Å²) in [7, 11) is 1.47. The minimum Gasteiger partial charge on any atom is -0.497 e. The number of thiazole rings is 1. The van der Waals surface area contributed by atoms with E-state index in [0.29, 0.717) is 18.8 Å². The van der Waals surface area contributed by atoms with Gasteiger partial charge < -0.3 is 9.64 Å². The second-order valence-corrected chi connectivity index (χ2v) is 8.67. The van der Waals surface area contributed by atoms with Crippen LogP contribution in [0.3, 0.4) is 0 Å². The number of rotatable bonds is 4. The Kier molecular flexibility index (Phi) is 5.81. The molecule has 0 saturated carbocycles. The maximum atomic E-state index is 14.2. The third-order valence-electron chi connectivity index (χ3n) is 4.65. The van der Waals surface area contributed by atoms with E-state index in [1.807, 2.05) is 0 Å². The summed E-state index contributed by atoms with van der Waals surface area (Å²) < 4.78 is 19.2. The Morgan fingerprint density at radius 1 is 1.26 bits per heavy atom. The van der Waals surface area contributed by atoms with Crippen LogP contribution in [-0.4, -0.2) is 54.0 Å². The molecule has 7 heteroatoms. The van der Waals surface area contributed by atoms with Crippen LogP contribution < -0.4 is 4.74 Å². The van der Waals surface area contributed by atoms with Crippen molar-refractivity contribution in [1.82, 2.24) is 14.8 Å². The second kappa shape index (κ2) is 7.94. The van der Waals surface area contributed by atoms with Crippen molar-refractivity contribution >= 4 is 17.2 Å². The monoisotopic (exact) mass is 391 g/mol. The van der Waals surface area contributed by atoms with Crippen LogP contribution in [0.25, 0.3) is 0 Å². The quantitative estimate of drug-likeness (QED) is 0.800. The number of hydrogen-bond donors (Lipinski definition) is 0. The van der Waals surface area contributed by atoms with Crippen molar-refractivity contribution < 1.29 is 13.9 Å². The molecule has 0 bridgehead atoms. The van der Waals surface area contributed by atoms with Gasteiger partial charge in [-0.05, 0) is 12.1 Å². The fraction of sp³-hybridized carbons (Fsp3) is 0.500. The predicted octanol–water partition coefficient (Wildman–Crippen LogP) is 3.55. The molecule has 0 unspecified atom stereocenters. The molecule has 1 aliphatic rings. The molecule has 2 heterocycles. The van der Waals surface area contributed by atoms with E-state index in [1.165, 1.54) is 19.2 Å². The summed E-state index contributed by atoms with van der Waals surface area (Å²) in [6, 6.07) is 4.35. The highest BCUT2D eigenvalue weighted by Crippen LogP contribution is 2.26. The first-order valence-electron chi connectivity index (χ1n) is 9.08. The van der Waals surface area contributed by atoms with Crippen molar-refractivity contribution in [1.29, 1.82) is 0 Å². The summed E-state index contributed by atoms with van der Waals surface area (Å²) in [5.74, 6) is -0.399. The summed E-state index contributed by atoms with van der Waals surface area (Å²) in [6.07, 6.45) is 0. The van der Waals surface area contributed by atoms with E-state index < -0.39 is 5.82 Å². The van der Waals surface area contributed by atoms with Gasteiger partial charge in [0.2, 0.25) is 0 Å². The van der Waals surface area contributed by atoms with Crippen LogP contribution in [0.5, 0.6) is 5.75 Å². The molecule has 1 amide bonds. The molecular weight excluding hydrogens is 365 g/mol. The number of halogens is 1. The third-order valence-corrected chi connectivity index (χ3v) is 5.96. The number of carbonyl (C=O) groups excluding carboxylic acids is 1. The van der Waals surface area contributed by atoms with E-state index in [0.717, 1.165) is 30.3 Å². The SMILES string of the molecule is COc1ccc(C(=O)N2CCN(Cc3csc(C(C)(C)C)n3)CC2)c(F)c1. The minimum atomic E-state index is -0.543. The van der Waals surface area contributed by atoms with Gasteiger partial charge in [0.25, 0.3) is 5.91 Å². The zero-order valence-electron chi connectivity index (χ0n) is 16.3. The maximum absolute atomic E-state index is 14.2. The summed E-state index contributed by atoms with van der Waals surface area (Å²) in [6.45, 7) is 9.96. The van der Waals surface area contributed by atoms with Crippen molar-refractivity contribution in [2.75, 3.05) is 33.3 Å². The first-order chi connectivity index (χ1) is 12.8. The van der Waals surface area contributed by atoms with Gasteiger partial charge in [0, 0.05) is 49.6 Å². The summed E-state index contributed by atoms with van der Waals surface area (Å²) in [4.78, 5) is 21.4. The molecule has 146 valence electrons. The molecule has 3 rings (SSSR count). The standard InChI is InChI=1S/C20H26FN3O2S/c1-20(2,3)19-22-14(13-27-19)12-23-7-9-24(10-8-23)18(25)16-6-5-15(26-4)11-17(16)21/h5-6,11,13H,7-10,12H2,1-4H3. The van der Waals surface area contributed by atoms with Gasteiger partial charge in [0.05, 0.1) is 23.4 Å². The fourth-order valence-electron chi connectivity index (χ4n) is 3.03. The van der Waals surface area contributed by atoms with Gasteiger partial charge in [-0.1, -0.05) is 20.8 Å². The molecule has 1 fully saturated rings. The van der Waals surface area contributed by atoms with Crippen LogP contribution in [0.2, 0.25) is 0 Å². The lowest BCUT2D eigenvalue weighted by Gasteiger charge is -2.34. The smallest absolute Gasteiger partial charge is 0.256 e. The van der Waals surface area contributed by atoms with E-state index in [1.54, 1.807) is 22.3 Å². The Morgan fingerprint density at radius 3 is 2.52 bits per heavy atom. The van der Waals surface area contributed by atoms with Gasteiger partial charge in [0.1, 0.15) is 11.6 Å². The molecule has 27 heavy (non-hydrogen) atoms. The molecule has 0 aliphatic carbocycles. The molecule has 5 nitrogen and oxygen atoms in total. The number of ether oxygens (including phenoxy) is 1. The topological polar surface area (TPSA) is 45.7 Å². The van der Waals surface area contributed by atoms with E-state index >= 15 is 0 Å². The van der Waals surface area contributed by atoms with Crippen LogP contribution in [0, 0.1) is 5.82 Å². The number of carbonyl (C=O) groups is 1. The highest BCUT2D eigenvalue weighted by molar-refractivity contribution is 7.09. The first kappa shape index (κ1) is 19.8. The van der Waals surface area contributed by atoms with Crippen molar-refractivity contribution in [2.45, 2.75) is 32.7 Å². The molecule has 0 radical (unpaired) electrons. The molecule has 1 saturated heterocycles. The highest BCUT2D eigenvalue weighted by Gasteiger charge is 2.25. The van der Waals surface area contributed by atoms with Crippen molar-refractivity contribution in [3.63, 3.8) is 0 Å². The second-order valence-electron chi connectivity index (χ2n) is 7.81. The lowest BCUT2D eigenvalue weighted by atomic mass is 9.98. The molecule has 1 aliphatic heterocycles. The van der Waals surface area contributed by atoms with Gasteiger partial charge in [0.15, 0.2) is 0 Å². The largest absolute Gasteiger partial charge is 0.497 e. The lowest BCUT2D eigenvalue weighted by Crippen LogP contribution is -2.48. The van der Waals surface area contributed by atoms with Crippen LogP contribution in [0.4, 0.5) is 4.39 Å². The van der Waals surface area contributed by atoms with E-state index in [-0.39, 0.29) is 16.9 Å².